The smallest absolute Gasteiger partial charge is 0.157 e. The third-order valence-corrected chi connectivity index (χ3v) is 2.84. The number of aliphatic imine (C=N–C) groups is 1. The first-order valence-corrected chi connectivity index (χ1v) is 6.29. The summed E-state index contributed by atoms with van der Waals surface area (Å²) >= 11 is 5.86. The molecule has 0 fully saturated rings. The summed E-state index contributed by atoms with van der Waals surface area (Å²) in [6.07, 6.45) is 0.793. The molecule has 0 radical (unpaired) electrons. The number of aldehydes is 1. The normalized spacial score (nSPS) is 11.2. The van der Waals surface area contributed by atoms with Crippen LogP contribution in [0, 0.1) is 0 Å². The molecular formula is C15H13ClN2O2. The number of halogens is 1. The van der Waals surface area contributed by atoms with Gasteiger partial charge in [0, 0.05) is 16.1 Å². The molecule has 102 valence electrons. The van der Waals surface area contributed by atoms with Crippen molar-refractivity contribution in [2.75, 3.05) is 7.11 Å². The van der Waals surface area contributed by atoms with Crippen molar-refractivity contribution >= 4 is 29.4 Å². The second-order valence-electron chi connectivity index (χ2n) is 3.98. The van der Waals surface area contributed by atoms with Gasteiger partial charge >= 0.3 is 0 Å². The van der Waals surface area contributed by atoms with Gasteiger partial charge in [0.15, 0.2) is 5.84 Å². The van der Waals surface area contributed by atoms with Crippen LogP contribution in [0.15, 0.2) is 53.5 Å². The van der Waals surface area contributed by atoms with Crippen molar-refractivity contribution < 1.29 is 9.63 Å². The molecule has 0 amide bonds. The van der Waals surface area contributed by atoms with Crippen molar-refractivity contribution in [1.29, 1.82) is 0 Å². The van der Waals surface area contributed by atoms with E-state index in [1.165, 1.54) is 7.11 Å². The maximum Gasteiger partial charge on any atom is 0.157 e. The van der Waals surface area contributed by atoms with Crippen LogP contribution in [0.5, 0.6) is 0 Å². The number of hydrogen-bond donors (Lipinski definition) is 1. The van der Waals surface area contributed by atoms with Crippen molar-refractivity contribution in [3.05, 3.63) is 64.7 Å². The van der Waals surface area contributed by atoms with Crippen molar-refractivity contribution in [3.63, 3.8) is 0 Å². The fraction of sp³-hybridized carbons (Fsp3) is 0.0667. The monoisotopic (exact) mass is 288 g/mol. The molecule has 0 heterocycles. The highest BCUT2D eigenvalue weighted by Crippen LogP contribution is 2.15. The molecule has 20 heavy (non-hydrogen) atoms. The molecule has 1 N–H and O–H groups in total. The summed E-state index contributed by atoms with van der Waals surface area (Å²) in [6.45, 7) is 0. The maximum absolute atomic E-state index is 10.6. The van der Waals surface area contributed by atoms with Crippen molar-refractivity contribution in [1.82, 2.24) is 5.48 Å². The fourth-order valence-corrected chi connectivity index (χ4v) is 1.73. The van der Waals surface area contributed by atoms with Gasteiger partial charge in [-0.3, -0.25) is 9.63 Å². The van der Waals surface area contributed by atoms with Gasteiger partial charge in [-0.05, 0) is 48.5 Å². The lowest BCUT2D eigenvalue weighted by atomic mass is 10.2. The number of carbonyl (C=O) groups excluding carboxylic acids is 1. The number of rotatable bonds is 4. The molecule has 0 saturated heterocycles. The van der Waals surface area contributed by atoms with Crippen LogP contribution in [-0.2, 0) is 4.84 Å². The fourth-order valence-electron chi connectivity index (χ4n) is 1.61. The Morgan fingerprint density at radius 2 is 1.80 bits per heavy atom. The van der Waals surface area contributed by atoms with E-state index in [2.05, 4.69) is 10.5 Å². The van der Waals surface area contributed by atoms with Gasteiger partial charge in [-0.25, -0.2) is 10.5 Å². The number of benzene rings is 2. The number of nitrogens with one attached hydrogen (secondary N) is 1. The first kappa shape index (κ1) is 14.2. The van der Waals surface area contributed by atoms with Gasteiger partial charge in [0.05, 0.1) is 12.8 Å². The van der Waals surface area contributed by atoms with Crippen molar-refractivity contribution in [2.45, 2.75) is 0 Å². The molecule has 4 nitrogen and oxygen atoms in total. The van der Waals surface area contributed by atoms with Crippen molar-refractivity contribution in [3.8, 4) is 0 Å². The predicted molar refractivity (Wildman–Crippen MR) is 79.6 cm³/mol. The van der Waals surface area contributed by atoms with Crippen LogP contribution >= 0.6 is 11.6 Å². The Kier molecular flexibility index (Phi) is 4.87. The van der Waals surface area contributed by atoms with E-state index in [4.69, 9.17) is 16.4 Å². The summed E-state index contributed by atoms with van der Waals surface area (Å²) < 4.78 is 0. The summed E-state index contributed by atoms with van der Waals surface area (Å²) in [6, 6.07) is 14.2. The molecule has 0 bridgehead atoms. The predicted octanol–water partition coefficient (Wildman–Crippen LogP) is 3.38. The molecule has 0 unspecified atom stereocenters. The summed E-state index contributed by atoms with van der Waals surface area (Å²) in [5.74, 6) is 0.558. The standard InChI is InChI=1S/C15H13ClN2O2/c1-20-18-15(12-4-6-13(16)7-5-12)17-14-8-2-11(10-19)3-9-14/h2-10H,1H3,(H,17,18). The number of hydrogen-bond acceptors (Lipinski definition) is 3. The van der Waals surface area contributed by atoms with E-state index in [1.807, 2.05) is 12.1 Å². The van der Waals surface area contributed by atoms with Crippen LogP contribution < -0.4 is 5.48 Å². The highest BCUT2D eigenvalue weighted by molar-refractivity contribution is 6.30. The van der Waals surface area contributed by atoms with Gasteiger partial charge in [-0.1, -0.05) is 11.6 Å². The molecule has 0 saturated carbocycles. The minimum absolute atomic E-state index is 0.558. The average Bonchev–Trinajstić information content (AvgIpc) is 2.48. The molecule has 0 spiro atoms. The number of carbonyl (C=O) groups is 1. The van der Waals surface area contributed by atoms with Crippen LogP contribution in [0.3, 0.4) is 0 Å². The second kappa shape index (κ2) is 6.84. The molecule has 2 aromatic rings. The largest absolute Gasteiger partial charge is 0.298 e. The van der Waals surface area contributed by atoms with Gasteiger partial charge in [0.1, 0.15) is 6.29 Å². The molecule has 2 aromatic carbocycles. The zero-order chi connectivity index (χ0) is 14.4. The zero-order valence-electron chi connectivity index (χ0n) is 10.8. The summed E-state index contributed by atoms with van der Waals surface area (Å²) in [5, 5.41) is 0.654. The Morgan fingerprint density at radius 1 is 1.15 bits per heavy atom. The lowest BCUT2D eigenvalue weighted by Gasteiger charge is -2.08. The van der Waals surface area contributed by atoms with Crippen LogP contribution in [0.2, 0.25) is 5.02 Å². The van der Waals surface area contributed by atoms with Gasteiger partial charge in [-0.15, -0.1) is 0 Å². The molecule has 0 aliphatic heterocycles. The van der Waals surface area contributed by atoms with Crippen LogP contribution in [0.1, 0.15) is 15.9 Å². The number of nitrogens with zero attached hydrogens (tertiary/aromatic N) is 1. The Labute approximate surface area is 122 Å². The SMILES string of the molecule is CONC(=Nc1ccc(C=O)cc1)c1ccc(Cl)cc1. The second-order valence-corrected chi connectivity index (χ2v) is 4.42. The average molecular weight is 289 g/mol. The van der Waals surface area contributed by atoms with Gasteiger partial charge in [-0.2, -0.15) is 0 Å². The quantitative estimate of drug-likeness (QED) is 0.406. The Morgan fingerprint density at radius 3 is 2.35 bits per heavy atom. The minimum atomic E-state index is 0.558. The summed E-state index contributed by atoms with van der Waals surface area (Å²) in [4.78, 5) is 20.0. The number of hydroxylamine groups is 1. The molecule has 0 atom stereocenters. The topological polar surface area (TPSA) is 50.7 Å². The first-order valence-electron chi connectivity index (χ1n) is 5.92. The van der Waals surface area contributed by atoms with Gasteiger partial charge < -0.3 is 0 Å². The first-order chi connectivity index (χ1) is 9.72. The van der Waals surface area contributed by atoms with E-state index in [1.54, 1.807) is 36.4 Å². The zero-order valence-corrected chi connectivity index (χ0v) is 11.6. The lowest BCUT2D eigenvalue weighted by Crippen LogP contribution is -2.22. The lowest BCUT2D eigenvalue weighted by molar-refractivity contribution is 0.112. The van der Waals surface area contributed by atoms with Crippen LogP contribution in [0.25, 0.3) is 0 Å². The highest BCUT2D eigenvalue weighted by Gasteiger charge is 2.03. The Bertz CT molecular complexity index is 607. The Balaban J connectivity index is 2.33. The third-order valence-electron chi connectivity index (χ3n) is 2.59. The van der Waals surface area contributed by atoms with E-state index in [-0.39, 0.29) is 0 Å². The van der Waals surface area contributed by atoms with Crippen molar-refractivity contribution in [2.24, 2.45) is 4.99 Å². The Hall–Kier alpha value is -2.17. The summed E-state index contributed by atoms with van der Waals surface area (Å²) in [5.41, 5.74) is 4.90. The van der Waals surface area contributed by atoms with E-state index in [9.17, 15) is 4.79 Å². The minimum Gasteiger partial charge on any atom is -0.298 e. The van der Waals surface area contributed by atoms with Crippen LogP contribution in [-0.4, -0.2) is 19.2 Å². The highest BCUT2D eigenvalue weighted by atomic mass is 35.5. The van der Waals surface area contributed by atoms with Gasteiger partial charge in [0.2, 0.25) is 0 Å². The van der Waals surface area contributed by atoms with E-state index < -0.39 is 0 Å². The van der Waals surface area contributed by atoms with E-state index in [0.29, 0.717) is 22.1 Å². The third kappa shape index (κ3) is 3.66. The molecular weight excluding hydrogens is 276 g/mol. The van der Waals surface area contributed by atoms with E-state index >= 15 is 0 Å². The molecule has 0 aliphatic rings. The van der Waals surface area contributed by atoms with E-state index in [0.717, 1.165) is 11.8 Å². The molecule has 5 heteroatoms. The molecule has 0 aliphatic carbocycles. The maximum atomic E-state index is 10.6. The summed E-state index contributed by atoms with van der Waals surface area (Å²) in [7, 11) is 1.51. The molecule has 0 aromatic heterocycles. The van der Waals surface area contributed by atoms with Gasteiger partial charge in [0.25, 0.3) is 0 Å². The van der Waals surface area contributed by atoms with Crippen LogP contribution in [0.4, 0.5) is 5.69 Å². The number of amidine groups is 1. The molecule has 2 rings (SSSR count).